The molecule has 0 amide bonds. The van der Waals surface area contributed by atoms with Crippen molar-refractivity contribution in [1.29, 1.82) is 0 Å². The lowest BCUT2D eigenvalue weighted by Crippen LogP contribution is -2.12. The van der Waals surface area contributed by atoms with Crippen molar-refractivity contribution < 1.29 is 13.5 Å². The summed E-state index contributed by atoms with van der Waals surface area (Å²) in [7, 11) is 0. The third kappa shape index (κ3) is 3.73. The monoisotopic (exact) mass is 408 g/mol. The lowest BCUT2D eigenvalue weighted by atomic mass is 9.85. The van der Waals surface area contributed by atoms with E-state index in [1.54, 1.807) is 17.7 Å². The molecule has 30 heavy (non-hydrogen) atoms. The van der Waals surface area contributed by atoms with Crippen molar-refractivity contribution in [3.8, 4) is 11.1 Å². The van der Waals surface area contributed by atoms with Crippen LogP contribution in [0, 0.1) is 29.4 Å². The second kappa shape index (κ2) is 8.26. The highest BCUT2D eigenvalue weighted by Gasteiger charge is 2.39. The Kier molecular flexibility index (Phi) is 5.49. The third-order valence-corrected chi connectivity index (χ3v) is 7.50. The maximum atomic E-state index is 14.6. The third-order valence-electron chi connectivity index (χ3n) is 7.50. The predicted octanol–water partition coefficient (Wildman–Crippen LogP) is 7.41. The van der Waals surface area contributed by atoms with Gasteiger partial charge in [-0.25, -0.2) is 8.78 Å². The first kappa shape index (κ1) is 19.9. The van der Waals surface area contributed by atoms with Gasteiger partial charge < -0.3 is 4.74 Å². The Hall–Kier alpha value is -2.00. The van der Waals surface area contributed by atoms with Gasteiger partial charge in [-0.15, -0.1) is 0 Å². The van der Waals surface area contributed by atoms with Crippen LogP contribution in [0.25, 0.3) is 11.1 Å². The molecule has 0 aromatic heterocycles. The molecular weight excluding hydrogens is 378 g/mol. The van der Waals surface area contributed by atoms with Gasteiger partial charge in [-0.3, -0.25) is 0 Å². The van der Waals surface area contributed by atoms with E-state index in [1.807, 2.05) is 12.1 Å². The molecular formula is C27H30F2O. The number of ether oxygens (including phenoxy) is 1. The average Bonchev–Trinajstić information content (AvgIpc) is 3.40. The van der Waals surface area contributed by atoms with Crippen LogP contribution >= 0.6 is 0 Å². The van der Waals surface area contributed by atoms with Crippen LogP contribution in [0.4, 0.5) is 8.78 Å². The molecule has 1 saturated heterocycles. The van der Waals surface area contributed by atoms with E-state index in [9.17, 15) is 8.78 Å². The number of rotatable bonds is 7. The summed E-state index contributed by atoms with van der Waals surface area (Å²) in [4.78, 5) is 0. The lowest BCUT2D eigenvalue weighted by Gasteiger charge is -2.20. The number of epoxide rings is 1. The molecule has 1 nitrogen and oxygen atoms in total. The molecule has 2 aromatic rings. The van der Waals surface area contributed by atoms with Gasteiger partial charge in [0, 0.05) is 11.1 Å². The molecule has 1 saturated carbocycles. The summed E-state index contributed by atoms with van der Waals surface area (Å²) in [6.07, 6.45) is 11.1. The second-order valence-corrected chi connectivity index (χ2v) is 9.26. The van der Waals surface area contributed by atoms with E-state index in [0.29, 0.717) is 17.7 Å². The molecule has 4 unspecified atom stereocenters. The van der Waals surface area contributed by atoms with E-state index in [4.69, 9.17) is 4.74 Å². The number of fused-ring (bicyclic) bond motifs is 1. The summed E-state index contributed by atoms with van der Waals surface area (Å²) in [6.45, 7) is 2.75. The molecule has 1 heterocycles. The van der Waals surface area contributed by atoms with Gasteiger partial charge in [0.2, 0.25) is 0 Å². The first-order valence-corrected chi connectivity index (χ1v) is 11.5. The average molecular weight is 409 g/mol. The number of halogens is 2. The van der Waals surface area contributed by atoms with E-state index in [-0.39, 0.29) is 6.10 Å². The van der Waals surface area contributed by atoms with Crippen molar-refractivity contribution in [3.63, 3.8) is 0 Å². The molecule has 4 atom stereocenters. The molecule has 5 rings (SSSR count). The molecule has 0 radical (unpaired) electrons. The first-order chi connectivity index (χ1) is 14.7. The van der Waals surface area contributed by atoms with Crippen LogP contribution in [-0.4, -0.2) is 6.61 Å². The van der Waals surface area contributed by atoms with Gasteiger partial charge in [-0.1, -0.05) is 61.4 Å². The van der Waals surface area contributed by atoms with Crippen LogP contribution in [0.15, 0.2) is 48.0 Å². The molecule has 0 N–H and O–H groups in total. The Morgan fingerprint density at radius 1 is 0.967 bits per heavy atom. The number of benzene rings is 2. The summed E-state index contributed by atoms with van der Waals surface area (Å²) < 4.78 is 34.0. The van der Waals surface area contributed by atoms with Gasteiger partial charge in [0.25, 0.3) is 0 Å². The highest BCUT2D eigenvalue weighted by molar-refractivity contribution is 5.65. The molecule has 2 aromatic carbocycles. The van der Waals surface area contributed by atoms with Crippen LogP contribution in [-0.2, 0) is 11.2 Å². The normalized spacial score (nSPS) is 27.2. The van der Waals surface area contributed by atoms with E-state index in [2.05, 4.69) is 25.1 Å². The van der Waals surface area contributed by atoms with Crippen molar-refractivity contribution in [1.82, 2.24) is 0 Å². The summed E-state index contributed by atoms with van der Waals surface area (Å²) in [5.74, 6) is 0.979. The topological polar surface area (TPSA) is 12.5 Å². The van der Waals surface area contributed by atoms with E-state index in [0.717, 1.165) is 29.7 Å². The van der Waals surface area contributed by atoms with E-state index >= 15 is 0 Å². The Morgan fingerprint density at radius 2 is 1.77 bits per heavy atom. The largest absolute Gasteiger partial charge is 0.368 e. The van der Waals surface area contributed by atoms with Gasteiger partial charge in [0.1, 0.15) is 6.10 Å². The molecule has 0 bridgehead atoms. The van der Waals surface area contributed by atoms with E-state index < -0.39 is 11.6 Å². The minimum absolute atomic E-state index is 0.278. The lowest BCUT2D eigenvalue weighted by molar-refractivity contribution is 0.341. The van der Waals surface area contributed by atoms with Gasteiger partial charge >= 0.3 is 0 Å². The number of aryl methyl sites for hydroxylation is 1. The Balaban J connectivity index is 1.22. The molecule has 158 valence electrons. The van der Waals surface area contributed by atoms with Crippen molar-refractivity contribution in [2.45, 2.75) is 58.0 Å². The van der Waals surface area contributed by atoms with Crippen LogP contribution in [0.3, 0.4) is 0 Å². The summed E-state index contributed by atoms with van der Waals surface area (Å²) in [6, 6.07) is 11.3. The van der Waals surface area contributed by atoms with Crippen LogP contribution in [0.5, 0.6) is 0 Å². The molecule has 0 spiro atoms. The molecule has 3 aliphatic rings. The zero-order valence-electron chi connectivity index (χ0n) is 17.7. The smallest absolute Gasteiger partial charge is 0.167 e. The van der Waals surface area contributed by atoms with Crippen LogP contribution < -0.4 is 0 Å². The Labute approximate surface area is 178 Å². The molecule has 3 heteroatoms. The standard InChI is InChI=1S/C27H30F2O/c1-2-3-18-10-12-22-19(11-13-21(18)22)7-4-17-5-8-20(9-6-17)23-14-15-24(25-16-30-25)27(29)26(23)28/h5-6,8-10,14-15,19,21-22,25H,2-4,7,11-13,16H2,1H3. The van der Waals surface area contributed by atoms with Crippen LogP contribution in [0.2, 0.25) is 0 Å². The molecule has 2 aliphatic carbocycles. The Morgan fingerprint density at radius 3 is 2.50 bits per heavy atom. The summed E-state index contributed by atoms with van der Waals surface area (Å²) in [5.41, 5.74) is 4.38. The maximum absolute atomic E-state index is 14.6. The first-order valence-electron chi connectivity index (χ1n) is 11.5. The van der Waals surface area contributed by atoms with Crippen molar-refractivity contribution >= 4 is 0 Å². The fourth-order valence-electron chi connectivity index (χ4n) is 5.81. The molecule has 2 fully saturated rings. The number of allylic oxidation sites excluding steroid dienone is 2. The number of hydrogen-bond acceptors (Lipinski definition) is 1. The van der Waals surface area contributed by atoms with Crippen molar-refractivity contribution in [2.75, 3.05) is 6.61 Å². The fraction of sp³-hybridized carbons (Fsp3) is 0.481. The van der Waals surface area contributed by atoms with E-state index in [1.165, 1.54) is 44.1 Å². The fourth-order valence-corrected chi connectivity index (χ4v) is 5.81. The zero-order chi connectivity index (χ0) is 20.7. The second-order valence-electron chi connectivity index (χ2n) is 9.26. The summed E-state index contributed by atoms with van der Waals surface area (Å²) in [5, 5.41) is 0. The highest BCUT2D eigenvalue weighted by Crippen LogP contribution is 2.50. The van der Waals surface area contributed by atoms with Crippen LogP contribution in [0.1, 0.15) is 62.7 Å². The number of hydrogen-bond donors (Lipinski definition) is 0. The predicted molar refractivity (Wildman–Crippen MR) is 116 cm³/mol. The van der Waals surface area contributed by atoms with Crippen molar-refractivity contribution in [3.05, 3.63) is 70.8 Å². The minimum Gasteiger partial charge on any atom is -0.368 e. The quantitative estimate of drug-likeness (QED) is 0.343. The molecule has 1 aliphatic heterocycles. The van der Waals surface area contributed by atoms with Crippen molar-refractivity contribution in [2.24, 2.45) is 17.8 Å². The van der Waals surface area contributed by atoms with Gasteiger partial charge in [0.05, 0.1) is 6.61 Å². The Bertz CT molecular complexity index is 942. The maximum Gasteiger partial charge on any atom is 0.167 e. The van der Waals surface area contributed by atoms with Gasteiger partial charge in [-0.2, -0.15) is 0 Å². The van der Waals surface area contributed by atoms with Gasteiger partial charge in [0.15, 0.2) is 11.6 Å². The highest BCUT2D eigenvalue weighted by atomic mass is 19.2. The minimum atomic E-state index is -0.775. The SMILES string of the molecule is CCCC1=CCC2C(CCc3ccc(-c4ccc(C5CO5)c(F)c4F)cc3)CCC12. The van der Waals surface area contributed by atoms with Gasteiger partial charge in [-0.05, 0) is 67.4 Å². The zero-order valence-corrected chi connectivity index (χ0v) is 17.7. The summed E-state index contributed by atoms with van der Waals surface area (Å²) >= 11 is 0.